The number of amides is 2. The van der Waals surface area contributed by atoms with Crippen LogP contribution in [-0.4, -0.2) is 65.7 Å². The van der Waals surface area contributed by atoms with E-state index in [1.54, 1.807) is 36.3 Å². The van der Waals surface area contributed by atoms with Crippen molar-refractivity contribution in [1.29, 1.82) is 0 Å². The van der Waals surface area contributed by atoms with Gasteiger partial charge in [-0.2, -0.15) is 0 Å². The molecule has 8 heteroatoms. The summed E-state index contributed by atoms with van der Waals surface area (Å²) >= 11 is 0. The molecule has 1 heterocycles. The monoisotopic (exact) mass is 443 g/mol. The van der Waals surface area contributed by atoms with Crippen molar-refractivity contribution in [3.8, 4) is 5.75 Å². The Kier molecular flexibility index (Phi) is 7.68. The molecule has 1 N–H and O–H groups in total. The Morgan fingerprint density at radius 1 is 1.00 bits per heavy atom. The third-order valence-corrected chi connectivity index (χ3v) is 6.65. The Balaban J connectivity index is 1.45. The molecule has 2 aromatic rings. The highest BCUT2D eigenvalue weighted by molar-refractivity contribution is 7.86. The van der Waals surface area contributed by atoms with Gasteiger partial charge in [0.05, 0.1) is 7.11 Å². The summed E-state index contributed by atoms with van der Waals surface area (Å²) < 4.78 is 17.4. The number of nitrogens with one attached hydrogen (secondary N) is 1. The number of piperazine rings is 1. The number of nitrogens with zero attached hydrogens (tertiary/aromatic N) is 2. The van der Waals surface area contributed by atoms with Gasteiger partial charge in [0.1, 0.15) is 17.3 Å². The fraction of sp³-hybridized carbons (Fsp3) is 0.391. The van der Waals surface area contributed by atoms with Crippen LogP contribution in [-0.2, 0) is 20.4 Å². The number of carbonyl (C=O) groups excluding carboxylic acids is 2. The maximum Gasteiger partial charge on any atom is 0.237 e. The van der Waals surface area contributed by atoms with Crippen molar-refractivity contribution < 1.29 is 18.5 Å². The van der Waals surface area contributed by atoms with Crippen molar-refractivity contribution in [2.75, 3.05) is 55.0 Å². The SMILES string of the molecule is COc1ccc(NC(=O)CS(=O)CC(=O)N2CCN(c3cccc(C)c3C)CC2)cc1. The van der Waals surface area contributed by atoms with E-state index in [-0.39, 0.29) is 23.3 Å². The molecule has 0 saturated carbocycles. The summed E-state index contributed by atoms with van der Waals surface area (Å²) in [4.78, 5) is 28.7. The highest BCUT2D eigenvalue weighted by Crippen LogP contribution is 2.24. The summed E-state index contributed by atoms with van der Waals surface area (Å²) in [5, 5.41) is 2.69. The molecule has 2 amide bonds. The minimum atomic E-state index is -1.55. The summed E-state index contributed by atoms with van der Waals surface area (Å²) in [5.74, 6) is -0.211. The zero-order valence-corrected chi connectivity index (χ0v) is 19.0. The molecule has 1 unspecified atom stereocenters. The van der Waals surface area contributed by atoms with E-state index >= 15 is 0 Å². The van der Waals surface area contributed by atoms with Gasteiger partial charge in [-0.25, -0.2) is 0 Å². The maximum atomic E-state index is 12.6. The lowest BCUT2D eigenvalue weighted by Gasteiger charge is -2.37. The molecular formula is C23H29N3O4S. The molecule has 166 valence electrons. The van der Waals surface area contributed by atoms with Crippen LogP contribution >= 0.6 is 0 Å². The van der Waals surface area contributed by atoms with Crippen LogP contribution in [0.2, 0.25) is 0 Å². The summed E-state index contributed by atoms with van der Waals surface area (Å²) in [7, 11) is 0.0121. The fourth-order valence-corrected chi connectivity index (χ4v) is 4.50. The normalized spacial score (nSPS) is 14.8. The Morgan fingerprint density at radius 2 is 1.68 bits per heavy atom. The lowest BCUT2D eigenvalue weighted by atomic mass is 10.1. The predicted octanol–water partition coefficient (Wildman–Crippen LogP) is 2.35. The van der Waals surface area contributed by atoms with E-state index in [9.17, 15) is 13.8 Å². The molecular weight excluding hydrogens is 414 g/mol. The van der Waals surface area contributed by atoms with Crippen molar-refractivity contribution in [2.24, 2.45) is 0 Å². The van der Waals surface area contributed by atoms with Crippen LogP contribution < -0.4 is 15.0 Å². The third-order valence-electron chi connectivity index (χ3n) is 5.50. The van der Waals surface area contributed by atoms with Gasteiger partial charge >= 0.3 is 0 Å². The average Bonchev–Trinajstić information content (AvgIpc) is 2.76. The summed E-state index contributed by atoms with van der Waals surface area (Å²) in [6, 6.07) is 13.1. The fourth-order valence-electron chi connectivity index (χ4n) is 3.57. The highest BCUT2D eigenvalue weighted by Gasteiger charge is 2.24. The van der Waals surface area contributed by atoms with Gasteiger partial charge in [0, 0.05) is 48.4 Å². The number of aryl methyl sites for hydroxylation is 1. The van der Waals surface area contributed by atoms with Gasteiger partial charge in [0.25, 0.3) is 0 Å². The van der Waals surface area contributed by atoms with Gasteiger partial charge in [-0.1, -0.05) is 12.1 Å². The number of hydrogen-bond donors (Lipinski definition) is 1. The molecule has 0 bridgehead atoms. The number of methoxy groups -OCH3 is 1. The van der Waals surface area contributed by atoms with Gasteiger partial charge in [0.15, 0.2) is 0 Å². The summed E-state index contributed by atoms with van der Waals surface area (Å²) in [5.41, 5.74) is 4.30. The zero-order chi connectivity index (χ0) is 22.4. The standard InChI is InChI=1S/C23H29N3O4S/c1-17-5-4-6-21(18(17)2)25-11-13-26(14-12-25)23(28)16-31(29)15-22(27)24-19-7-9-20(30-3)10-8-19/h4-10H,11-16H2,1-3H3,(H,24,27). The number of benzene rings is 2. The molecule has 1 aliphatic heterocycles. The Hall–Kier alpha value is -2.87. The van der Waals surface area contributed by atoms with E-state index < -0.39 is 10.8 Å². The van der Waals surface area contributed by atoms with Gasteiger partial charge in [-0.15, -0.1) is 0 Å². The molecule has 1 atom stereocenters. The molecule has 0 radical (unpaired) electrons. The molecule has 2 aromatic carbocycles. The van der Waals surface area contributed by atoms with Crippen molar-refractivity contribution in [1.82, 2.24) is 4.90 Å². The van der Waals surface area contributed by atoms with Gasteiger partial charge < -0.3 is 19.9 Å². The van der Waals surface area contributed by atoms with Crippen LogP contribution in [0.5, 0.6) is 5.75 Å². The number of rotatable bonds is 7. The van der Waals surface area contributed by atoms with Crippen LogP contribution in [0.15, 0.2) is 42.5 Å². The Bertz CT molecular complexity index is 954. The van der Waals surface area contributed by atoms with Gasteiger partial charge in [-0.3, -0.25) is 13.8 Å². The Labute approximate surface area is 185 Å². The topological polar surface area (TPSA) is 78.9 Å². The molecule has 1 aliphatic rings. The molecule has 0 aromatic heterocycles. The molecule has 0 aliphatic carbocycles. The predicted molar refractivity (Wildman–Crippen MR) is 124 cm³/mol. The first kappa shape index (κ1) is 22.8. The third kappa shape index (κ3) is 6.07. The lowest BCUT2D eigenvalue weighted by molar-refractivity contribution is -0.128. The summed E-state index contributed by atoms with van der Waals surface area (Å²) in [6.45, 7) is 6.85. The highest BCUT2D eigenvalue weighted by atomic mass is 32.2. The Morgan fingerprint density at radius 3 is 2.32 bits per heavy atom. The largest absolute Gasteiger partial charge is 0.497 e. The molecule has 1 saturated heterocycles. The van der Waals surface area contributed by atoms with Crippen LogP contribution in [0.4, 0.5) is 11.4 Å². The average molecular weight is 444 g/mol. The van der Waals surface area contributed by atoms with E-state index in [1.165, 1.54) is 16.8 Å². The molecule has 7 nitrogen and oxygen atoms in total. The minimum absolute atomic E-state index is 0.139. The van der Waals surface area contributed by atoms with Crippen molar-refractivity contribution >= 4 is 34.0 Å². The number of ether oxygens (including phenoxy) is 1. The second-order valence-corrected chi connectivity index (χ2v) is 9.05. The van der Waals surface area contributed by atoms with Crippen LogP contribution in [0.3, 0.4) is 0 Å². The first-order valence-electron chi connectivity index (χ1n) is 10.2. The molecule has 0 spiro atoms. The number of carbonyl (C=O) groups is 2. The van der Waals surface area contributed by atoms with Crippen LogP contribution in [0.1, 0.15) is 11.1 Å². The number of anilines is 2. The van der Waals surface area contributed by atoms with Gasteiger partial charge in [0.2, 0.25) is 11.8 Å². The first-order chi connectivity index (χ1) is 14.9. The number of hydrogen-bond acceptors (Lipinski definition) is 5. The van der Waals surface area contributed by atoms with E-state index in [1.807, 2.05) is 0 Å². The first-order valence-corrected chi connectivity index (χ1v) is 11.7. The molecule has 1 fully saturated rings. The van der Waals surface area contributed by atoms with E-state index in [4.69, 9.17) is 4.74 Å². The van der Waals surface area contributed by atoms with Gasteiger partial charge in [-0.05, 0) is 55.3 Å². The van der Waals surface area contributed by atoms with Crippen molar-refractivity contribution in [3.63, 3.8) is 0 Å². The summed E-state index contributed by atoms with van der Waals surface area (Å²) in [6.07, 6.45) is 0. The molecule has 3 rings (SSSR count). The zero-order valence-electron chi connectivity index (χ0n) is 18.2. The lowest BCUT2D eigenvalue weighted by Crippen LogP contribution is -2.50. The maximum absolute atomic E-state index is 12.6. The smallest absolute Gasteiger partial charge is 0.237 e. The second-order valence-electron chi connectivity index (χ2n) is 7.59. The minimum Gasteiger partial charge on any atom is -0.497 e. The van der Waals surface area contributed by atoms with E-state index in [0.29, 0.717) is 24.5 Å². The van der Waals surface area contributed by atoms with E-state index in [2.05, 4.69) is 42.3 Å². The van der Waals surface area contributed by atoms with Crippen molar-refractivity contribution in [2.45, 2.75) is 13.8 Å². The van der Waals surface area contributed by atoms with Crippen LogP contribution in [0, 0.1) is 13.8 Å². The van der Waals surface area contributed by atoms with Crippen LogP contribution in [0.25, 0.3) is 0 Å². The quantitative estimate of drug-likeness (QED) is 0.711. The molecule has 31 heavy (non-hydrogen) atoms. The second kappa shape index (κ2) is 10.4. The van der Waals surface area contributed by atoms with Crippen molar-refractivity contribution in [3.05, 3.63) is 53.6 Å². The van der Waals surface area contributed by atoms with E-state index in [0.717, 1.165) is 13.1 Å².